The molecule has 2 rings (SSSR count). The zero-order chi connectivity index (χ0) is 11.1. The van der Waals surface area contributed by atoms with Gasteiger partial charge in [-0.15, -0.1) is 0 Å². The molecule has 2 aliphatic carbocycles. The first-order chi connectivity index (χ1) is 7.06. The van der Waals surface area contributed by atoms with Gasteiger partial charge in [-0.3, -0.25) is 0 Å². The monoisotopic (exact) mass is 202 g/mol. The predicted octanol–water partition coefficient (Wildman–Crippen LogP) is 4.65. The molecule has 15 heavy (non-hydrogen) atoms. The molecule has 0 N–H and O–H groups in total. The van der Waals surface area contributed by atoms with E-state index in [9.17, 15) is 0 Å². The predicted molar refractivity (Wildman–Crippen MR) is 66.7 cm³/mol. The molecule has 1 spiro atoms. The maximum absolute atomic E-state index is 4.28. The van der Waals surface area contributed by atoms with Crippen molar-refractivity contribution in [3.8, 4) is 0 Å². The van der Waals surface area contributed by atoms with Gasteiger partial charge < -0.3 is 0 Å². The van der Waals surface area contributed by atoms with Crippen molar-refractivity contribution < 1.29 is 0 Å². The molecule has 0 radical (unpaired) electrons. The largest absolute Gasteiger partial charge is 0.0953 e. The second-order valence-electron chi connectivity index (χ2n) is 5.50. The Labute approximate surface area is 93.8 Å². The lowest BCUT2D eigenvalue weighted by molar-refractivity contribution is 0.240. The minimum absolute atomic E-state index is 0.404. The first-order valence-corrected chi connectivity index (χ1v) is 6.07. The average molecular weight is 202 g/mol. The maximum atomic E-state index is 4.28. The van der Waals surface area contributed by atoms with E-state index in [1.807, 2.05) is 0 Å². The van der Waals surface area contributed by atoms with Crippen LogP contribution in [0.15, 0.2) is 35.5 Å². The highest BCUT2D eigenvalue weighted by atomic mass is 14.5. The van der Waals surface area contributed by atoms with Gasteiger partial charge in [-0.2, -0.15) is 0 Å². The van der Waals surface area contributed by atoms with Crippen LogP contribution in [0.5, 0.6) is 0 Å². The van der Waals surface area contributed by atoms with Crippen molar-refractivity contribution >= 4 is 0 Å². The molecule has 2 aliphatic rings. The van der Waals surface area contributed by atoms with Crippen LogP contribution in [0.3, 0.4) is 0 Å². The van der Waals surface area contributed by atoms with E-state index in [0.29, 0.717) is 5.41 Å². The highest BCUT2D eigenvalue weighted by molar-refractivity contribution is 5.35. The molecule has 0 unspecified atom stereocenters. The standard InChI is InChI=1S/C15H22/c1-11(2)14-8-9-15(10-14)12(3)6-5-7-13(15)4/h5-6,13H,3,7-10H2,1-2,4H3/t13-,15+/m1/s1. The van der Waals surface area contributed by atoms with Crippen LogP contribution in [-0.4, -0.2) is 0 Å². The topological polar surface area (TPSA) is 0 Å². The van der Waals surface area contributed by atoms with E-state index in [1.165, 1.54) is 36.8 Å². The van der Waals surface area contributed by atoms with Crippen molar-refractivity contribution in [3.63, 3.8) is 0 Å². The molecule has 0 heteroatoms. The van der Waals surface area contributed by atoms with Gasteiger partial charge in [-0.1, -0.05) is 36.8 Å². The van der Waals surface area contributed by atoms with Gasteiger partial charge in [-0.05, 0) is 51.0 Å². The quantitative estimate of drug-likeness (QED) is 0.502. The Kier molecular flexibility index (Phi) is 2.62. The fraction of sp³-hybridized carbons (Fsp3) is 0.600. The Morgan fingerprint density at radius 1 is 1.47 bits per heavy atom. The van der Waals surface area contributed by atoms with Crippen LogP contribution in [-0.2, 0) is 0 Å². The molecule has 2 atom stereocenters. The number of rotatable bonds is 0. The van der Waals surface area contributed by atoms with E-state index in [4.69, 9.17) is 0 Å². The van der Waals surface area contributed by atoms with E-state index in [-0.39, 0.29) is 0 Å². The van der Waals surface area contributed by atoms with Crippen LogP contribution in [0.25, 0.3) is 0 Å². The summed E-state index contributed by atoms with van der Waals surface area (Å²) in [5.41, 5.74) is 4.98. The van der Waals surface area contributed by atoms with Crippen LogP contribution in [0.4, 0.5) is 0 Å². The van der Waals surface area contributed by atoms with E-state index in [1.54, 1.807) is 5.57 Å². The molecule has 0 aromatic carbocycles. The van der Waals surface area contributed by atoms with Gasteiger partial charge in [0.25, 0.3) is 0 Å². The summed E-state index contributed by atoms with van der Waals surface area (Å²) < 4.78 is 0. The Hall–Kier alpha value is -0.780. The molecule has 0 amide bonds. The third-order valence-corrected chi connectivity index (χ3v) is 4.50. The molecule has 82 valence electrons. The normalized spacial score (nSPS) is 35.3. The second kappa shape index (κ2) is 3.66. The summed E-state index contributed by atoms with van der Waals surface area (Å²) in [7, 11) is 0. The van der Waals surface area contributed by atoms with Crippen LogP contribution >= 0.6 is 0 Å². The van der Waals surface area contributed by atoms with Crippen LogP contribution in [0, 0.1) is 11.3 Å². The van der Waals surface area contributed by atoms with E-state index in [2.05, 4.69) is 39.5 Å². The van der Waals surface area contributed by atoms with Crippen molar-refractivity contribution in [1.29, 1.82) is 0 Å². The zero-order valence-corrected chi connectivity index (χ0v) is 10.3. The van der Waals surface area contributed by atoms with E-state index >= 15 is 0 Å². The van der Waals surface area contributed by atoms with Crippen LogP contribution in [0.2, 0.25) is 0 Å². The highest BCUT2D eigenvalue weighted by Crippen LogP contribution is 2.55. The fourth-order valence-electron chi connectivity index (χ4n) is 3.18. The minimum atomic E-state index is 0.404. The Balaban J connectivity index is 2.32. The lowest BCUT2D eigenvalue weighted by Crippen LogP contribution is -2.29. The molecular formula is C15H22. The summed E-state index contributed by atoms with van der Waals surface area (Å²) in [6, 6.07) is 0. The smallest absolute Gasteiger partial charge is 0.00158 e. The molecule has 0 saturated heterocycles. The molecular weight excluding hydrogens is 180 g/mol. The van der Waals surface area contributed by atoms with Crippen molar-refractivity contribution in [2.75, 3.05) is 0 Å². The van der Waals surface area contributed by atoms with Crippen molar-refractivity contribution in [3.05, 3.63) is 35.5 Å². The summed E-state index contributed by atoms with van der Waals surface area (Å²) in [5, 5.41) is 0. The minimum Gasteiger partial charge on any atom is -0.0953 e. The SMILES string of the molecule is C=C1C=CC[C@@H](C)[C@]12CCC(=C(C)C)C2. The summed E-state index contributed by atoms with van der Waals surface area (Å²) in [5.74, 6) is 0.770. The molecule has 1 saturated carbocycles. The van der Waals surface area contributed by atoms with Gasteiger partial charge in [0.2, 0.25) is 0 Å². The van der Waals surface area contributed by atoms with Gasteiger partial charge in [0.15, 0.2) is 0 Å². The van der Waals surface area contributed by atoms with Crippen LogP contribution < -0.4 is 0 Å². The number of hydrogen-bond acceptors (Lipinski definition) is 0. The molecule has 0 aromatic rings. The second-order valence-corrected chi connectivity index (χ2v) is 5.50. The highest BCUT2D eigenvalue weighted by Gasteiger charge is 2.43. The Bertz CT molecular complexity index is 339. The van der Waals surface area contributed by atoms with Crippen molar-refractivity contribution in [2.45, 2.75) is 46.5 Å². The van der Waals surface area contributed by atoms with E-state index in [0.717, 1.165) is 5.92 Å². The van der Waals surface area contributed by atoms with Gasteiger partial charge in [-0.25, -0.2) is 0 Å². The Morgan fingerprint density at radius 2 is 2.20 bits per heavy atom. The lowest BCUT2D eigenvalue weighted by Gasteiger charge is -2.38. The summed E-state index contributed by atoms with van der Waals surface area (Å²) in [6.07, 6.45) is 9.65. The van der Waals surface area contributed by atoms with Gasteiger partial charge in [0.05, 0.1) is 0 Å². The molecule has 0 heterocycles. The first-order valence-electron chi connectivity index (χ1n) is 6.07. The first kappa shape index (κ1) is 10.7. The molecule has 1 fully saturated rings. The molecule has 0 aliphatic heterocycles. The zero-order valence-electron chi connectivity index (χ0n) is 10.3. The average Bonchev–Trinajstić information content (AvgIpc) is 2.61. The van der Waals surface area contributed by atoms with Gasteiger partial charge in [0.1, 0.15) is 0 Å². The van der Waals surface area contributed by atoms with Crippen molar-refractivity contribution in [2.24, 2.45) is 11.3 Å². The molecule has 0 bridgehead atoms. The molecule has 0 nitrogen and oxygen atoms in total. The van der Waals surface area contributed by atoms with E-state index < -0.39 is 0 Å². The number of hydrogen-bond donors (Lipinski definition) is 0. The maximum Gasteiger partial charge on any atom is 0.00158 e. The summed E-state index contributed by atoms with van der Waals surface area (Å²) in [4.78, 5) is 0. The Morgan fingerprint density at radius 3 is 2.73 bits per heavy atom. The lowest BCUT2D eigenvalue weighted by atomic mass is 9.65. The summed E-state index contributed by atoms with van der Waals surface area (Å²) >= 11 is 0. The number of allylic oxidation sites excluding steroid dienone is 5. The van der Waals surface area contributed by atoms with Gasteiger partial charge >= 0.3 is 0 Å². The third kappa shape index (κ3) is 1.60. The van der Waals surface area contributed by atoms with Crippen molar-refractivity contribution in [1.82, 2.24) is 0 Å². The third-order valence-electron chi connectivity index (χ3n) is 4.50. The van der Waals surface area contributed by atoms with Crippen LogP contribution in [0.1, 0.15) is 46.5 Å². The fourth-order valence-corrected chi connectivity index (χ4v) is 3.18. The summed E-state index contributed by atoms with van der Waals surface area (Å²) in [6.45, 7) is 11.2. The molecule has 0 aromatic heterocycles. The van der Waals surface area contributed by atoms with Gasteiger partial charge in [0, 0.05) is 5.41 Å².